The summed E-state index contributed by atoms with van der Waals surface area (Å²) in [6, 6.07) is 19.5. The summed E-state index contributed by atoms with van der Waals surface area (Å²) >= 11 is 2.19. The molecule has 33 heavy (non-hydrogen) atoms. The van der Waals surface area contributed by atoms with Gasteiger partial charge in [0.2, 0.25) is 5.90 Å². The third-order valence-corrected chi connectivity index (χ3v) is 5.63. The highest BCUT2D eigenvalue weighted by atomic mass is 127. The van der Waals surface area contributed by atoms with Crippen molar-refractivity contribution in [2.75, 3.05) is 13.2 Å². The molecule has 3 aromatic rings. The molecule has 0 saturated carbocycles. The second kappa shape index (κ2) is 10.6. The number of carbonyl (C=O) groups is 1. The Balaban J connectivity index is 1.55. The van der Waals surface area contributed by atoms with Crippen LogP contribution in [0.25, 0.3) is 6.08 Å². The van der Waals surface area contributed by atoms with E-state index < -0.39 is 5.97 Å². The predicted octanol–water partition coefficient (Wildman–Crippen LogP) is 5.80. The van der Waals surface area contributed by atoms with E-state index in [2.05, 4.69) is 39.7 Å². The van der Waals surface area contributed by atoms with E-state index in [1.54, 1.807) is 6.08 Å². The molecule has 7 heteroatoms. The number of aliphatic imine (C=N–C) groups is 1. The Hall–Kier alpha value is -3.20. The fraction of sp³-hybridized carbons (Fsp3) is 0.154. The monoisotopic (exact) mass is 557 g/mol. The molecule has 168 valence electrons. The number of halogens is 2. The van der Waals surface area contributed by atoms with Gasteiger partial charge in [-0.1, -0.05) is 30.3 Å². The Morgan fingerprint density at radius 3 is 2.55 bits per heavy atom. The average molecular weight is 557 g/mol. The smallest absolute Gasteiger partial charge is 0.363 e. The van der Waals surface area contributed by atoms with E-state index in [1.807, 2.05) is 37.3 Å². The number of nitrogens with zero attached hydrogens (tertiary/aromatic N) is 1. The van der Waals surface area contributed by atoms with Crippen LogP contribution in [0.2, 0.25) is 0 Å². The van der Waals surface area contributed by atoms with Gasteiger partial charge in [0, 0.05) is 12.0 Å². The van der Waals surface area contributed by atoms with Crippen molar-refractivity contribution in [1.29, 1.82) is 0 Å². The minimum absolute atomic E-state index is 0.145. The van der Waals surface area contributed by atoms with Crippen LogP contribution in [0.4, 0.5) is 4.39 Å². The molecule has 0 aliphatic carbocycles. The predicted molar refractivity (Wildman–Crippen MR) is 133 cm³/mol. The molecule has 0 saturated heterocycles. The lowest BCUT2D eigenvalue weighted by Crippen LogP contribution is -2.06. The molecule has 0 fully saturated rings. The van der Waals surface area contributed by atoms with E-state index in [0.717, 1.165) is 15.6 Å². The Labute approximate surface area is 205 Å². The highest BCUT2D eigenvalue weighted by Gasteiger charge is 2.24. The molecule has 0 N–H and O–H groups in total. The molecular formula is C26H21FINO4. The topological polar surface area (TPSA) is 57.1 Å². The lowest BCUT2D eigenvalue weighted by Gasteiger charge is -2.15. The van der Waals surface area contributed by atoms with Gasteiger partial charge >= 0.3 is 5.97 Å². The first-order chi connectivity index (χ1) is 16.0. The second-order valence-corrected chi connectivity index (χ2v) is 8.35. The van der Waals surface area contributed by atoms with Gasteiger partial charge in [0.25, 0.3) is 0 Å². The maximum Gasteiger partial charge on any atom is 0.363 e. The van der Waals surface area contributed by atoms with Gasteiger partial charge in [-0.05, 0) is 83.1 Å². The van der Waals surface area contributed by atoms with Gasteiger partial charge in [-0.2, -0.15) is 0 Å². The van der Waals surface area contributed by atoms with E-state index >= 15 is 0 Å². The van der Waals surface area contributed by atoms with Crippen LogP contribution in [0.15, 0.2) is 77.4 Å². The van der Waals surface area contributed by atoms with Gasteiger partial charge in [-0.25, -0.2) is 14.2 Å². The van der Waals surface area contributed by atoms with Crippen molar-refractivity contribution in [2.24, 2.45) is 4.99 Å². The average Bonchev–Trinajstić information content (AvgIpc) is 3.17. The van der Waals surface area contributed by atoms with Gasteiger partial charge in [0.1, 0.15) is 5.82 Å². The number of cyclic esters (lactones) is 1. The quantitative estimate of drug-likeness (QED) is 0.200. The maximum absolute atomic E-state index is 13.2. The lowest BCUT2D eigenvalue weighted by atomic mass is 10.1. The molecule has 0 aromatic heterocycles. The summed E-state index contributed by atoms with van der Waals surface area (Å²) in [5.74, 6) is 0.472. The SMILES string of the molecule is CCOc1cc(/C=C2\N=C(c3ccc(F)cc3)OC2=O)cc(I)c1OCCc1ccccc1. The summed E-state index contributed by atoms with van der Waals surface area (Å²) in [5.41, 5.74) is 2.61. The summed E-state index contributed by atoms with van der Waals surface area (Å²) in [5, 5.41) is 0. The largest absolute Gasteiger partial charge is 0.490 e. The molecule has 5 nitrogen and oxygen atoms in total. The first kappa shape index (κ1) is 23.0. The minimum Gasteiger partial charge on any atom is -0.490 e. The first-order valence-electron chi connectivity index (χ1n) is 10.4. The van der Waals surface area contributed by atoms with Crippen LogP contribution in [-0.4, -0.2) is 25.1 Å². The minimum atomic E-state index is -0.564. The molecule has 0 atom stereocenters. The fourth-order valence-electron chi connectivity index (χ4n) is 3.27. The van der Waals surface area contributed by atoms with E-state index in [9.17, 15) is 9.18 Å². The van der Waals surface area contributed by atoms with Gasteiger partial charge in [0.05, 0.1) is 16.8 Å². The molecule has 1 aliphatic rings. The number of hydrogen-bond donors (Lipinski definition) is 0. The Kier molecular flexibility index (Phi) is 7.39. The highest BCUT2D eigenvalue weighted by molar-refractivity contribution is 14.1. The van der Waals surface area contributed by atoms with Gasteiger partial charge < -0.3 is 14.2 Å². The fourth-order valence-corrected chi connectivity index (χ4v) is 4.05. The lowest BCUT2D eigenvalue weighted by molar-refractivity contribution is -0.129. The number of ether oxygens (including phenoxy) is 3. The molecule has 1 heterocycles. The van der Waals surface area contributed by atoms with E-state index in [1.165, 1.54) is 29.8 Å². The van der Waals surface area contributed by atoms with Crippen LogP contribution in [0.3, 0.4) is 0 Å². The molecule has 0 unspecified atom stereocenters. The molecule has 0 radical (unpaired) electrons. The molecule has 0 bridgehead atoms. The van der Waals surface area contributed by atoms with Gasteiger partial charge in [-0.15, -0.1) is 0 Å². The van der Waals surface area contributed by atoms with Crippen LogP contribution < -0.4 is 9.47 Å². The molecular weight excluding hydrogens is 536 g/mol. The molecule has 0 amide bonds. The Bertz CT molecular complexity index is 1210. The van der Waals surface area contributed by atoms with E-state index in [-0.39, 0.29) is 17.4 Å². The number of esters is 1. The summed E-state index contributed by atoms with van der Waals surface area (Å²) < 4.78 is 31.1. The standard InChI is InChI=1S/C26H21FINO4/c1-2-31-23-16-18(14-21(28)24(23)32-13-12-17-6-4-3-5-7-17)15-22-26(30)33-25(29-22)19-8-10-20(27)11-9-19/h3-11,14-16H,2,12-13H2,1H3/b22-15-. The zero-order valence-corrected chi connectivity index (χ0v) is 20.0. The van der Waals surface area contributed by atoms with Gasteiger partial charge in [-0.3, -0.25) is 0 Å². The number of hydrogen-bond acceptors (Lipinski definition) is 5. The van der Waals surface area contributed by atoms with E-state index in [0.29, 0.717) is 30.3 Å². The van der Waals surface area contributed by atoms with Crippen molar-refractivity contribution in [3.63, 3.8) is 0 Å². The normalized spacial score (nSPS) is 14.2. The molecule has 3 aromatic carbocycles. The van der Waals surface area contributed by atoms with Crippen LogP contribution in [-0.2, 0) is 16.0 Å². The molecule has 0 spiro atoms. The van der Waals surface area contributed by atoms with Crippen molar-refractivity contribution in [3.8, 4) is 11.5 Å². The Morgan fingerprint density at radius 2 is 1.82 bits per heavy atom. The van der Waals surface area contributed by atoms with Crippen molar-refractivity contribution in [3.05, 3.63) is 98.5 Å². The maximum atomic E-state index is 13.2. The van der Waals surface area contributed by atoms with Crippen molar-refractivity contribution in [2.45, 2.75) is 13.3 Å². The summed E-state index contributed by atoms with van der Waals surface area (Å²) in [4.78, 5) is 16.6. The van der Waals surface area contributed by atoms with Crippen LogP contribution in [0.1, 0.15) is 23.6 Å². The molecule has 4 rings (SSSR count). The number of benzene rings is 3. The van der Waals surface area contributed by atoms with E-state index in [4.69, 9.17) is 14.2 Å². The van der Waals surface area contributed by atoms with Crippen molar-refractivity contribution >= 4 is 40.5 Å². The third kappa shape index (κ3) is 5.78. The highest BCUT2D eigenvalue weighted by Crippen LogP contribution is 2.35. The second-order valence-electron chi connectivity index (χ2n) is 7.19. The van der Waals surface area contributed by atoms with Crippen LogP contribution >= 0.6 is 22.6 Å². The van der Waals surface area contributed by atoms with Crippen molar-refractivity contribution in [1.82, 2.24) is 0 Å². The zero-order chi connectivity index (χ0) is 23.2. The summed E-state index contributed by atoms with van der Waals surface area (Å²) in [6.07, 6.45) is 2.41. The van der Waals surface area contributed by atoms with Crippen LogP contribution in [0.5, 0.6) is 11.5 Å². The number of rotatable bonds is 8. The third-order valence-electron chi connectivity index (χ3n) is 4.83. The van der Waals surface area contributed by atoms with Gasteiger partial charge in [0.15, 0.2) is 17.2 Å². The van der Waals surface area contributed by atoms with Crippen molar-refractivity contribution < 1.29 is 23.4 Å². The molecule has 1 aliphatic heterocycles. The number of carbonyl (C=O) groups excluding carboxylic acids is 1. The van der Waals surface area contributed by atoms with Crippen LogP contribution in [0, 0.1) is 9.39 Å². The summed E-state index contributed by atoms with van der Waals surface area (Å²) in [7, 11) is 0. The Morgan fingerprint density at radius 1 is 1.06 bits per heavy atom. The zero-order valence-electron chi connectivity index (χ0n) is 17.9. The summed E-state index contributed by atoms with van der Waals surface area (Å²) in [6.45, 7) is 2.89. The first-order valence-corrected chi connectivity index (χ1v) is 11.5.